The first kappa shape index (κ1) is 16.9. The van der Waals surface area contributed by atoms with E-state index >= 15 is 0 Å². The predicted octanol–water partition coefficient (Wildman–Crippen LogP) is 2.51. The van der Waals surface area contributed by atoms with Crippen molar-refractivity contribution in [3.8, 4) is 5.75 Å². The number of nitrogens with zero attached hydrogens (tertiary/aromatic N) is 3. The number of ketones is 1. The molecule has 0 aromatic heterocycles. The lowest BCUT2D eigenvalue weighted by Crippen LogP contribution is -2.25. The number of guanidine groups is 1. The molecule has 0 saturated heterocycles. The summed E-state index contributed by atoms with van der Waals surface area (Å²) in [4.78, 5) is 24.6. The van der Waals surface area contributed by atoms with Crippen LogP contribution in [-0.2, 0) is 4.79 Å². The lowest BCUT2D eigenvalue weighted by atomic mass is 9.79. The molecule has 1 heterocycles. The van der Waals surface area contributed by atoms with Crippen LogP contribution in [0.2, 0.25) is 0 Å². The Bertz CT molecular complexity index is 981. The minimum atomic E-state index is 0.0162. The molecule has 1 unspecified atom stereocenters. The van der Waals surface area contributed by atoms with E-state index in [0.717, 1.165) is 46.3 Å². The third-order valence-corrected chi connectivity index (χ3v) is 5.17. The summed E-state index contributed by atoms with van der Waals surface area (Å²) in [6.45, 7) is 0. The molecular formula is C20H20N3O2P. The van der Waals surface area contributed by atoms with E-state index in [0.29, 0.717) is 17.2 Å². The molecule has 0 fully saturated rings. The van der Waals surface area contributed by atoms with Gasteiger partial charge in [0.25, 0.3) is 0 Å². The van der Waals surface area contributed by atoms with Crippen molar-refractivity contribution in [1.29, 1.82) is 0 Å². The van der Waals surface area contributed by atoms with Gasteiger partial charge in [0.2, 0.25) is 5.96 Å². The number of fused-ring (bicyclic) bond motifs is 3. The molecule has 0 amide bonds. The van der Waals surface area contributed by atoms with Gasteiger partial charge in [-0.1, -0.05) is 12.2 Å². The molecule has 0 N–H and O–H groups in total. The van der Waals surface area contributed by atoms with Crippen LogP contribution in [-0.4, -0.2) is 43.6 Å². The van der Waals surface area contributed by atoms with E-state index in [1.807, 2.05) is 43.3 Å². The van der Waals surface area contributed by atoms with Gasteiger partial charge in [0, 0.05) is 25.2 Å². The van der Waals surface area contributed by atoms with Crippen molar-refractivity contribution in [2.24, 2.45) is 9.98 Å². The van der Waals surface area contributed by atoms with Crippen LogP contribution in [0.1, 0.15) is 18.4 Å². The zero-order valence-corrected chi connectivity index (χ0v) is 16.2. The van der Waals surface area contributed by atoms with Gasteiger partial charge in [-0.05, 0) is 41.9 Å². The standard InChI is InChI=1S/C20H20N3O2P/c1-23(2)20-21-17-12-6-4-5-7-13(12)19(24)16(18(17)22-20)14-9-8-11(25-3)10-15(14)26/h6-10H,4-5,26H2,1-3H3. The van der Waals surface area contributed by atoms with E-state index < -0.39 is 0 Å². The van der Waals surface area contributed by atoms with Gasteiger partial charge in [0.1, 0.15) is 17.2 Å². The van der Waals surface area contributed by atoms with Crippen LogP contribution in [0, 0.1) is 0 Å². The van der Waals surface area contributed by atoms with Crippen LogP contribution in [0.4, 0.5) is 0 Å². The average molecular weight is 365 g/mol. The van der Waals surface area contributed by atoms with Crippen LogP contribution in [0.15, 0.2) is 57.2 Å². The largest absolute Gasteiger partial charge is 0.497 e. The molecule has 0 saturated carbocycles. The molecule has 1 aliphatic heterocycles. The molecule has 132 valence electrons. The molecule has 1 atom stereocenters. The molecule has 3 aliphatic rings. The zero-order valence-electron chi connectivity index (χ0n) is 15.0. The van der Waals surface area contributed by atoms with Crippen LogP contribution < -0.4 is 10.0 Å². The number of Topliss-reactive ketones (excluding diaryl/α,β-unsaturated/α-hetero) is 1. The number of hydrogen-bond donors (Lipinski definition) is 0. The fourth-order valence-electron chi connectivity index (χ4n) is 3.40. The maximum Gasteiger partial charge on any atom is 0.226 e. The summed E-state index contributed by atoms with van der Waals surface area (Å²) in [6.07, 6.45) is 5.92. The summed E-state index contributed by atoms with van der Waals surface area (Å²) in [5.74, 6) is 1.39. The minimum Gasteiger partial charge on any atom is -0.497 e. The Hall–Kier alpha value is -2.52. The van der Waals surface area contributed by atoms with Crippen LogP contribution in [0.3, 0.4) is 0 Å². The Morgan fingerprint density at radius 2 is 1.85 bits per heavy atom. The predicted molar refractivity (Wildman–Crippen MR) is 108 cm³/mol. The Balaban J connectivity index is 1.98. The van der Waals surface area contributed by atoms with Gasteiger partial charge in [0.15, 0.2) is 5.78 Å². The van der Waals surface area contributed by atoms with E-state index in [1.54, 1.807) is 7.11 Å². The summed E-state index contributed by atoms with van der Waals surface area (Å²) in [5.41, 5.74) is 4.58. The number of carbonyl (C=O) groups excluding carboxylic acids is 1. The third kappa shape index (κ3) is 2.55. The number of rotatable bonds is 2. The molecule has 2 aliphatic carbocycles. The van der Waals surface area contributed by atoms with Crippen LogP contribution in [0.25, 0.3) is 5.57 Å². The van der Waals surface area contributed by atoms with Crippen molar-refractivity contribution in [3.05, 3.63) is 52.8 Å². The number of methoxy groups -OCH3 is 1. The average Bonchev–Trinajstić information content (AvgIpc) is 3.08. The first-order chi connectivity index (χ1) is 12.5. The number of aliphatic imine (C=N–C) groups is 2. The quantitative estimate of drug-likeness (QED) is 0.757. The number of benzene rings is 1. The van der Waals surface area contributed by atoms with Crippen molar-refractivity contribution in [1.82, 2.24) is 4.90 Å². The summed E-state index contributed by atoms with van der Waals surface area (Å²) >= 11 is 0. The number of carbonyl (C=O) groups is 1. The monoisotopic (exact) mass is 365 g/mol. The lowest BCUT2D eigenvalue weighted by Gasteiger charge is -2.24. The van der Waals surface area contributed by atoms with Gasteiger partial charge >= 0.3 is 0 Å². The van der Waals surface area contributed by atoms with Crippen LogP contribution >= 0.6 is 9.24 Å². The summed E-state index contributed by atoms with van der Waals surface area (Å²) in [7, 11) is 8.14. The molecule has 5 nitrogen and oxygen atoms in total. The Morgan fingerprint density at radius 3 is 2.50 bits per heavy atom. The minimum absolute atomic E-state index is 0.0162. The smallest absolute Gasteiger partial charge is 0.226 e. The number of allylic oxidation sites excluding steroid dienone is 5. The van der Waals surface area contributed by atoms with Gasteiger partial charge in [0.05, 0.1) is 12.7 Å². The van der Waals surface area contributed by atoms with Crippen molar-refractivity contribution in [3.63, 3.8) is 0 Å². The zero-order chi connectivity index (χ0) is 18.4. The maximum atomic E-state index is 13.3. The second-order valence-electron chi connectivity index (χ2n) is 6.59. The SMILES string of the molecule is COc1ccc(C2=C3N=C(N(C)C)N=C3C3=CCCC=C3C2=O)c(P)c1. The summed E-state index contributed by atoms with van der Waals surface area (Å²) < 4.78 is 5.29. The lowest BCUT2D eigenvalue weighted by molar-refractivity contribution is -0.110. The van der Waals surface area contributed by atoms with Gasteiger partial charge < -0.3 is 9.64 Å². The highest BCUT2D eigenvalue weighted by molar-refractivity contribution is 7.27. The fraction of sp³-hybridized carbons (Fsp3) is 0.250. The highest BCUT2D eigenvalue weighted by Crippen LogP contribution is 2.39. The molecular weight excluding hydrogens is 345 g/mol. The fourth-order valence-corrected chi connectivity index (χ4v) is 3.80. The molecule has 1 aromatic carbocycles. The first-order valence-electron chi connectivity index (χ1n) is 8.50. The number of ether oxygens (including phenoxy) is 1. The van der Waals surface area contributed by atoms with E-state index in [9.17, 15) is 4.79 Å². The Morgan fingerprint density at radius 1 is 1.12 bits per heavy atom. The molecule has 0 bridgehead atoms. The molecule has 4 rings (SSSR count). The normalized spacial score (nSPS) is 18.5. The second-order valence-corrected chi connectivity index (χ2v) is 7.21. The summed E-state index contributed by atoms with van der Waals surface area (Å²) in [6, 6.07) is 5.69. The van der Waals surface area contributed by atoms with Gasteiger partial charge in [-0.2, -0.15) is 0 Å². The Labute approximate surface area is 155 Å². The second kappa shape index (κ2) is 6.33. The topological polar surface area (TPSA) is 54.3 Å². The van der Waals surface area contributed by atoms with Crippen molar-refractivity contribution in [2.45, 2.75) is 12.8 Å². The van der Waals surface area contributed by atoms with E-state index in [2.05, 4.69) is 20.3 Å². The highest BCUT2D eigenvalue weighted by Gasteiger charge is 2.38. The van der Waals surface area contributed by atoms with Crippen molar-refractivity contribution >= 4 is 37.6 Å². The highest BCUT2D eigenvalue weighted by atomic mass is 31.0. The van der Waals surface area contributed by atoms with Gasteiger partial charge in [-0.15, -0.1) is 9.24 Å². The third-order valence-electron chi connectivity index (χ3n) is 4.69. The van der Waals surface area contributed by atoms with Gasteiger partial charge in [-0.25, -0.2) is 9.98 Å². The van der Waals surface area contributed by atoms with E-state index in [1.165, 1.54) is 0 Å². The molecule has 6 heteroatoms. The molecule has 1 aromatic rings. The summed E-state index contributed by atoms with van der Waals surface area (Å²) in [5, 5.41) is 0.900. The number of hydrogen-bond acceptors (Lipinski definition) is 5. The van der Waals surface area contributed by atoms with Crippen molar-refractivity contribution in [2.75, 3.05) is 21.2 Å². The van der Waals surface area contributed by atoms with E-state index in [4.69, 9.17) is 9.73 Å². The molecule has 26 heavy (non-hydrogen) atoms. The molecule has 0 spiro atoms. The van der Waals surface area contributed by atoms with Crippen LogP contribution in [0.5, 0.6) is 5.75 Å². The first-order valence-corrected chi connectivity index (χ1v) is 9.08. The van der Waals surface area contributed by atoms with Crippen molar-refractivity contribution < 1.29 is 9.53 Å². The molecule has 0 radical (unpaired) electrons. The Kier molecular flexibility index (Phi) is 4.12. The van der Waals surface area contributed by atoms with Gasteiger partial charge in [-0.3, -0.25) is 4.79 Å². The maximum absolute atomic E-state index is 13.3. The van der Waals surface area contributed by atoms with E-state index in [-0.39, 0.29) is 5.78 Å².